The van der Waals surface area contributed by atoms with Gasteiger partial charge in [0.05, 0.1) is 11.4 Å². The summed E-state index contributed by atoms with van der Waals surface area (Å²) >= 11 is 0. The van der Waals surface area contributed by atoms with E-state index in [0.717, 1.165) is 28.1 Å². The van der Waals surface area contributed by atoms with Gasteiger partial charge in [-0.2, -0.15) is 0 Å². The molecule has 0 aliphatic heterocycles. The van der Waals surface area contributed by atoms with Crippen molar-refractivity contribution >= 4 is 16.9 Å². The van der Waals surface area contributed by atoms with Crippen LogP contribution in [0.4, 0.5) is 11.4 Å². The van der Waals surface area contributed by atoms with Gasteiger partial charge in [-0.25, -0.2) is 0 Å². The molecule has 0 saturated carbocycles. The minimum Gasteiger partial charge on any atom is -0.397 e. The molecule has 2 aromatic carbocycles. The van der Waals surface area contributed by atoms with Gasteiger partial charge in [-0.05, 0) is 35.8 Å². The Hall–Kier alpha value is -2.22. The molecule has 0 atom stereocenters. The fourth-order valence-corrected chi connectivity index (χ4v) is 1.88. The van der Waals surface area contributed by atoms with Crippen molar-refractivity contribution in [3.8, 4) is 0 Å². The Bertz CT molecular complexity index is 568. The van der Waals surface area contributed by atoms with Crippen LogP contribution >= 0.6 is 0 Å². The Labute approximate surface area is 108 Å². The second kappa shape index (κ2) is 4.96. The second-order valence-corrected chi connectivity index (χ2v) is 4.40. The number of benzene rings is 2. The Kier molecular flexibility index (Phi) is 3.38. The zero-order valence-electron chi connectivity index (χ0n) is 10.8. The quantitative estimate of drug-likeness (QED) is 0.800. The van der Waals surface area contributed by atoms with Crippen LogP contribution in [0.5, 0.6) is 0 Å². The van der Waals surface area contributed by atoms with Gasteiger partial charge in [-0.3, -0.25) is 0 Å². The van der Waals surface area contributed by atoms with Crippen molar-refractivity contribution in [1.29, 1.82) is 0 Å². The van der Waals surface area contributed by atoms with Gasteiger partial charge in [0.25, 0.3) is 0 Å². The summed E-state index contributed by atoms with van der Waals surface area (Å²) in [6.07, 6.45) is 0. The third-order valence-electron chi connectivity index (χ3n) is 3.07. The van der Waals surface area contributed by atoms with E-state index < -0.39 is 0 Å². The van der Waals surface area contributed by atoms with Crippen molar-refractivity contribution in [2.24, 2.45) is 0 Å². The molecule has 0 fully saturated rings. The predicted octanol–water partition coefficient (Wildman–Crippen LogP) is 3.68. The largest absolute Gasteiger partial charge is 0.397 e. The van der Waals surface area contributed by atoms with Crippen LogP contribution in [0, 0.1) is 6.92 Å². The van der Waals surface area contributed by atoms with E-state index in [4.69, 9.17) is 5.73 Å². The highest BCUT2D eigenvalue weighted by molar-refractivity contribution is 5.82. The molecular formula is C16H18N2. The van der Waals surface area contributed by atoms with Gasteiger partial charge in [0.1, 0.15) is 0 Å². The molecule has 2 rings (SSSR count). The molecule has 0 heterocycles. The number of hydrogen-bond donors (Lipinski definition) is 2. The first-order valence-electron chi connectivity index (χ1n) is 5.95. The average Bonchev–Trinajstić information content (AvgIpc) is 2.39. The molecule has 0 radical (unpaired) electrons. The van der Waals surface area contributed by atoms with E-state index >= 15 is 0 Å². The molecule has 0 aliphatic rings. The van der Waals surface area contributed by atoms with Crippen molar-refractivity contribution in [2.45, 2.75) is 6.92 Å². The molecular weight excluding hydrogens is 220 g/mol. The van der Waals surface area contributed by atoms with Crippen LogP contribution in [0.1, 0.15) is 16.7 Å². The van der Waals surface area contributed by atoms with Gasteiger partial charge < -0.3 is 11.1 Å². The summed E-state index contributed by atoms with van der Waals surface area (Å²) in [5, 5.41) is 3.08. The molecule has 0 aromatic heterocycles. The van der Waals surface area contributed by atoms with Crippen LogP contribution in [0.15, 0.2) is 49.0 Å². The average molecular weight is 238 g/mol. The lowest BCUT2D eigenvalue weighted by Gasteiger charge is -2.11. The number of nitrogens with two attached hydrogens (primary N) is 1. The first-order valence-corrected chi connectivity index (χ1v) is 5.95. The Morgan fingerprint density at radius 3 is 2.28 bits per heavy atom. The summed E-state index contributed by atoms with van der Waals surface area (Å²) in [6, 6.07) is 14.3. The standard InChI is InChI=1S/C16H18N2/c1-11-4-6-13(7-5-11)12(2)14-8-9-15(17)16(10-14)18-3/h4-10,18H,2,17H2,1,3H3. The second-order valence-electron chi connectivity index (χ2n) is 4.40. The predicted molar refractivity (Wildman–Crippen MR) is 79.7 cm³/mol. The number of nitrogens with one attached hydrogen (secondary N) is 1. The SMILES string of the molecule is C=C(c1ccc(C)cc1)c1ccc(N)c(NC)c1. The van der Waals surface area contributed by atoms with E-state index in [1.807, 2.05) is 25.2 Å². The molecule has 0 amide bonds. The summed E-state index contributed by atoms with van der Waals surface area (Å²) in [5.41, 5.74) is 12.0. The summed E-state index contributed by atoms with van der Waals surface area (Å²) in [5.74, 6) is 0. The summed E-state index contributed by atoms with van der Waals surface area (Å²) in [7, 11) is 1.87. The number of anilines is 2. The van der Waals surface area contributed by atoms with Crippen LogP contribution in [-0.2, 0) is 0 Å². The van der Waals surface area contributed by atoms with Gasteiger partial charge in [0.15, 0.2) is 0 Å². The summed E-state index contributed by atoms with van der Waals surface area (Å²) in [4.78, 5) is 0. The summed E-state index contributed by atoms with van der Waals surface area (Å²) < 4.78 is 0. The van der Waals surface area contributed by atoms with Gasteiger partial charge in [-0.1, -0.05) is 42.5 Å². The number of rotatable bonds is 3. The highest BCUT2D eigenvalue weighted by Gasteiger charge is 2.05. The van der Waals surface area contributed by atoms with Crippen LogP contribution in [0.3, 0.4) is 0 Å². The maximum atomic E-state index is 5.87. The van der Waals surface area contributed by atoms with E-state index in [-0.39, 0.29) is 0 Å². The van der Waals surface area contributed by atoms with Gasteiger partial charge >= 0.3 is 0 Å². The molecule has 0 spiro atoms. The topological polar surface area (TPSA) is 38.0 Å². The Balaban J connectivity index is 2.37. The fourth-order valence-electron chi connectivity index (χ4n) is 1.88. The zero-order valence-corrected chi connectivity index (χ0v) is 10.8. The molecule has 92 valence electrons. The number of nitrogen functional groups attached to an aromatic ring is 1. The monoisotopic (exact) mass is 238 g/mol. The zero-order chi connectivity index (χ0) is 13.1. The number of aryl methyl sites for hydroxylation is 1. The van der Waals surface area contributed by atoms with Crippen molar-refractivity contribution in [3.63, 3.8) is 0 Å². The third-order valence-corrected chi connectivity index (χ3v) is 3.07. The molecule has 0 unspecified atom stereocenters. The van der Waals surface area contributed by atoms with Crippen LogP contribution < -0.4 is 11.1 Å². The highest BCUT2D eigenvalue weighted by atomic mass is 14.8. The van der Waals surface area contributed by atoms with Gasteiger partial charge in [-0.15, -0.1) is 0 Å². The maximum absolute atomic E-state index is 5.87. The normalized spacial score (nSPS) is 10.1. The van der Waals surface area contributed by atoms with E-state index in [0.29, 0.717) is 0 Å². The first kappa shape index (κ1) is 12.2. The van der Waals surface area contributed by atoms with Crippen LogP contribution in [0.25, 0.3) is 5.57 Å². The molecule has 0 bridgehead atoms. The lowest BCUT2D eigenvalue weighted by molar-refractivity contribution is 1.44. The molecule has 0 saturated heterocycles. The minimum atomic E-state index is 0.748. The smallest absolute Gasteiger partial charge is 0.0577 e. The minimum absolute atomic E-state index is 0.748. The maximum Gasteiger partial charge on any atom is 0.0577 e. The third kappa shape index (κ3) is 2.38. The van der Waals surface area contributed by atoms with Crippen LogP contribution in [-0.4, -0.2) is 7.05 Å². The first-order chi connectivity index (χ1) is 8.61. The molecule has 2 aromatic rings. The van der Waals surface area contributed by atoms with Crippen molar-refractivity contribution in [3.05, 3.63) is 65.7 Å². The molecule has 18 heavy (non-hydrogen) atoms. The van der Waals surface area contributed by atoms with Crippen molar-refractivity contribution in [1.82, 2.24) is 0 Å². The highest BCUT2D eigenvalue weighted by Crippen LogP contribution is 2.27. The van der Waals surface area contributed by atoms with E-state index in [9.17, 15) is 0 Å². The molecule has 0 aliphatic carbocycles. The lowest BCUT2D eigenvalue weighted by atomic mass is 9.98. The lowest BCUT2D eigenvalue weighted by Crippen LogP contribution is -1.97. The van der Waals surface area contributed by atoms with E-state index in [2.05, 4.69) is 43.1 Å². The van der Waals surface area contributed by atoms with Crippen molar-refractivity contribution in [2.75, 3.05) is 18.1 Å². The Morgan fingerprint density at radius 2 is 1.67 bits per heavy atom. The molecule has 3 N–H and O–H groups in total. The van der Waals surface area contributed by atoms with Crippen molar-refractivity contribution < 1.29 is 0 Å². The van der Waals surface area contributed by atoms with E-state index in [1.54, 1.807) is 0 Å². The number of hydrogen-bond acceptors (Lipinski definition) is 2. The van der Waals surface area contributed by atoms with E-state index in [1.165, 1.54) is 5.56 Å². The molecule has 2 heteroatoms. The Morgan fingerprint density at radius 1 is 1.06 bits per heavy atom. The fraction of sp³-hybridized carbons (Fsp3) is 0.125. The van der Waals surface area contributed by atoms with Gasteiger partial charge in [0.2, 0.25) is 0 Å². The van der Waals surface area contributed by atoms with Gasteiger partial charge in [0, 0.05) is 7.05 Å². The van der Waals surface area contributed by atoms with Crippen LogP contribution in [0.2, 0.25) is 0 Å². The molecule has 2 nitrogen and oxygen atoms in total. The summed E-state index contributed by atoms with van der Waals surface area (Å²) in [6.45, 7) is 6.24.